The lowest BCUT2D eigenvalue weighted by molar-refractivity contribution is 0.368. The fourth-order valence-corrected chi connectivity index (χ4v) is 1.13. The van der Waals surface area contributed by atoms with Gasteiger partial charge in [0.15, 0.2) is 11.5 Å². The van der Waals surface area contributed by atoms with Crippen molar-refractivity contribution in [3.63, 3.8) is 0 Å². The average molecular weight is 251 g/mol. The van der Waals surface area contributed by atoms with E-state index >= 15 is 0 Å². The van der Waals surface area contributed by atoms with Gasteiger partial charge >= 0.3 is 8.68 Å². The summed E-state index contributed by atoms with van der Waals surface area (Å²) in [6.45, 7) is 2.87. The van der Waals surface area contributed by atoms with Crippen molar-refractivity contribution in [2.45, 2.75) is 13.5 Å². The number of hydrogen-bond donors (Lipinski definition) is 1. The highest BCUT2D eigenvalue weighted by atomic mass is 19.5. The molecule has 2 N–H and O–H groups in total. The van der Waals surface area contributed by atoms with E-state index in [1.165, 1.54) is 6.33 Å². The normalized spacial score (nSPS) is 11.1. The maximum absolute atomic E-state index is 9.75. The fourth-order valence-electron chi connectivity index (χ4n) is 1.13. The van der Waals surface area contributed by atoms with Crippen molar-refractivity contribution < 1.29 is 18.7 Å². The van der Waals surface area contributed by atoms with Crippen LogP contribution in [0.1, 0.15) is 8.35 Å². The number of nitrogens with two attached hydrogens (primary N) is 1. The van der Waals surface area contributed by atoms with Gasteiger partial charge in [0.2, 0.25) is 0 Å². The van der Waals surface area contributed by atoms with Crippen LogP contribution in [0, 0.1) is 0 Å². The highest BCUT2D eigenvalue weighted by Crippen LogP contribution is 2.13. The molecule has 0 fully saturated rings. The second-order valence-corrected chi connectivity index (χ2v) is 2.96. The van der Waals surface area contributed by atoms with Gasteiger partial charge in [-0.15, -0.1) is 0 Å². The maximum Gasteiger partial charge on any atom is 1.00 e. The molecular weight excluding hydrogens is 241 g/mol. The van der Waals surface area contributed by atoms with Crippen LogP contribution in [0.2, 0.25) is 0 Å². The number of aryl methyl sites for hydroxylation is 1. The summed E-state index contributed by atoms with van der Waals surface area (Å²) in [5, 5.41) is 0. The Balaban J connectivity index is 0.000000421. The molecule has 94 valence electrons. The molecule has 0 saturated heterocycles. The molecule has 0 aliphatic carbocycles. The first-order valence-corrected chi connectivity index (χ1v) is 4.61. The maximum atomic E-state index is 9.75. The zero-order chi connectivity index (χ0) is 13.1. The Morgan fingerprint density at radius 2 is 1.88 bits per heavy atom. The lowest BCUT2D eigenvalue weighted by Gasteiger charge is -1.96. The topological polar surface area (TPSA) is 69.6 Å². The minimum absolute atomic E-state index is 0. The number of hydrogen-bond acceptors (Lipinski definition) is 4. The van der Waals surface area contributed by atoms with Crippen molar-refractivity contribution in [1.29, 1.82) is 0 Å². The molecule has 2 aromatic rings. The number of fused-ring (bicyclic) bond motifs is 1. The number of imidazole rings is 1. The first kappa shape index (κ1) is 13.2. The van der Waals surface area contributed by atoms with Crippen LogP contribution in [0.15, 0.2) is 12.7 Å². The monoisotopic (exact) mass is 251 g/mol. The van der Waals surface area contributed by atoms with Crippen LogP contribution in [0.25, 0.3) is 11.2 Å². The fraction of sp³-hybridized carbons (Fsp3) is 0.286. The second kappa shape index (κ2) is 4.98. The summed E-state index contributed by atoms with van der Waals surface area (Å²) in [6, 6.07) is 0. The van der Waals surface area contributed by atoms with E-state index in [1.807, 2.05) is 11.5 Å². The van der Waals surface area contributed by atoms with Gasteiger partial charge in [-0.1, -0.05) is 0 Å². The summed E-state index contributed by atoms with van der Waals surface area (Å²) >= 11 is 0. The minimum Gasteiger partial charge on any atom is -0.418 e. The largest absolute Gasteiger partial charge is 1.00 e. The number of nitrogen functional groups attached to an aromatic ring is 1. The molecule has 17 heavy (non-hydrogen) atoms. The van der Waals surface area contributed by atoms with E-state index in [4.69, 9.17) is 5.73 Å². The molecule has 5 nitrogen and oxygen atoms in total. The van der Waals surface area contributed by atoms with Crippen LogP contribution in [0.4, 0.5) is 23.1 Å². The van der Waals surface area contributed by atoms with Crippen LogP contribution >= 0.6 is 0 Å². The molecule has 0 aliphatic rings. The average Bonchev–Trinajstić information content (AvgIpc) is 2.59. The molecule has 2 rings (SSSR count). The molecule has 2 aromatic heterocycles. The van der Waals surface area contributed by atoms with Gasteiger partial charge in [-0.05, 0) is 6.92 Å². The van der Waals surface area contributed by atoms with E-state index in [9.17, 15) is 17.3 Å². The predicted molar refractivity (Wildman–Crippen MR) is 56.7 cm³/mol. The molecule has 2 heterocycles. The van der Waals surface area contributed by atoms with Crippen molar-refractivity contribution in [3.8, 4) is 0 Å². The van der Waals surface area contributed by atoms with E-state index in [1.54, 1.807) is 6.33 Å². The van der Waals surface area contributed by atoms with Gasteiger partial charge in [-0.2, -0.15) is 0 Å². The molecular formula is C7H10BF4N5. The summed E-state index contributed by atoms with van der Waals surface area (Å²) < 4.78 is 40.9. The van der Waals surface area contributed by atoms with Gasteiger partial charge in [0, 0.05) is 6.54 Å². The van der Waals surface area contributed by atoms with Gasteiger partial charge in [0.1, 0.15) is 11.8 Å². The van der Waals surface area contributed by atoms with E-state index in [0.717, 1.165) is 12.2 Å². The molecule has 0 aliphatic heterocycles. The van der Waals surface area contributed by atoms with Crippen LogP contribution < -0.4 is 5.73 Å². The third kappa shape index (κ3) is 3.89. The Morgan fingerprint density at radius 1 is 1.29 bits per heavy atom. The molecule has 10 heteroatoms. The van der Waals surface area contributed by atoms with Gasteiger partial charge in [0.05, 0.1) is 6.33 Å². The third-order valence-corrected chi connectivity index (χ3v) is 1.77. The Kier molecular flexibility index (Phi) is 3.87. The van der Waals surface area contributed by atoms with Crippen molar-refractivity contribution >= 4 is 24.2 Å². The molecule has 0 bridgehead atoms. The molecule has 0 unspecified atom stereocenters. The molecule has 0 aromatic carbocycles. The summed E-state index contributed by atoms with van der Waals surface area (Å²) in [5.74, 6) is 0.437. The third-order valence-electron chi connectivity index (χ3n) is 1.77. The first-order valence-electron chi connectivity index (χ1n) is 4.61. The lowest BCUT2D eigenvalue weighted by Crippen LogP contribution is -2.02. The minimum atomic E-state index is -6.00. The van der Waals surface area contributed by atoms with Crippen LogP contribution in [0.3, 0.4) is 0 Å². The summed E-state index contributed by atoms with van der Waals surface area (Å²) in [4.78, 5) is 12.0. The van der Waals surface area contributed by atoms with Crippen molar-refractivity contribution in [2.24, 2.45) is 0 Å². The van der Waals surface area contributed by atoms with Gasteiger partial charge in [-0.25, -0.2) is 15.0 Å². The van der Waals surface area contributed by atoms with Gasteiger partial charge in [0.25, 0.3) is 0 Å². The smallest absolute Gasteiger partial charge is 0.418 e. The van der Waals surface area contributed by atoms with Crippen molar-refractivity contribution in [2.75, 3.05) is 5.73 Å². The number of rotatable bonds is 1. The van der Waals surface area contributed by atoms with Crippen molar-refractivity contribution in [1.82, 2.24) is 19.5 Å². The predicted octanol–water partition coefficient (Wildman–Crippen LogP) is 1.84. The van der Waals surface area contributed by atoms with Gasteiger partial charge < -0.3 is 27.6 Å². The summed E-state index contributed by atoms with van der Waals surface area (Å²) in [5.41, 5.74) is 7.07. The molecule has 0 radical (unpaired) electrons. The highest BCUT2D eigenvalue weighted by molar-refractivity contribution is 6.50. The SMILES string of the molecule is CCn1cnc2c(N)ncnc21.F[B-](F)(F)F.[H+]. The zero-order valence-corrected chi connectivity index (χ0v) is 8.82. The molecule has 0 saturated carbocycles. The van der Waals surface area contributed by atoms with Gasteiger partial charge in [-0.3, -0.25) is 0 Å². The number of halogens is 4. The number of nitrogens with zero attached hydrogens (tertiary/aromatic N) is 4. The zero-order valence-electron chi connectivity index (χ0n) is 9.82. The number of aromatic nitrogens is 4. The van der Waals surface area contributed by atoms with Crippen LogP contribution in [-0.4, -0.2) is 26.8 Å². The highest BCUT2D eigenvalue weighted by Gasteiger charge is 2.20. The van der Waals surface area contributed by atoms with E-state index in [0.29, 0.717) is 11.3 Å². The lowest BCUT2D eigenvalue weighted by atomic mass is 10.3. The van der Waals surface area contributed by atoms with E-state index in [-0.39, 0.29) is 1.43 Å². The second-order valence-electron chi connectivity index (χ2n) is 2.96. The van der Waals surface area contributed by atoms with Crippen LogP contribution in [-0.2, 0) is 6.54 Å². The Hall–Kier alpha value is -1.87. The molecule has 0 atom stereocenters. The van der Waals surface area contributed by atoms with E-state index in [2.05, 4.69) is 15.0 Å². The molecule has 0 spiro atoms. The quantitative estimate of drug-likeness (QED) is 0.620. The van der Waals surface area contributed by atoms with Crippen molar-refractivity contribution in [3.05, 3.63) is 12.7 Å². The number of anilines is 1. The first-order chi connectivity index (χ1) is 7.83. The molecule has 0 amide bonds. The van der Waals surface area contributed by atoms with Crippen LogP contribution in [0.5, 0.6) is 0 Å². The summed E-state index contributed by atoms with van der Waals surface area (Å²) in [6.07, 6.45) is 3.17. The Bertz CT molecular complexity index is 496. The van der Waals surface area contributed by atoms with E-state index < -0.39 is 7.25 Å². The Labute approximate surface area is 95.3 Å². The summed E-state index contributed by atoms with van der Waals surface area (Å²) in [7, 11) is -6.00. The standard InChI is InChI=1S/C7H9N5.BF4/c1-2-12-4-11-5-6(8)9-3-10-7(5)12;2-1(3,4)5/h3-4H,2H2,1H3,(H2,8,9,10);/q;-1/p+1. The Morgan fingerprint density at radius 3 is 2.41 bits per heavy atom.